The molecule has 0 radical (unpaired) electrons. The van der Waals surface area contributed by atoms with Gasteiger partial charge in [-0.05, 0) is 43.7 Å². The maximum absolute atomic E-state index is 13.1. The summed E-state index contributed by atoms with van der Waals surface area (Å²) in [4.78, 5) is 15.5. The number of aryl methyl sites for hydroxylation is 2. The van der Waals surface area contributed by atoms with E-state index < -0.39 is 28.9 Å². The maximum atomic E-state index is 13.1. The highest BCUT2D eigenvalue weighted by Crippen LogP contribution is 2.32. The van der Waals surface area contributed by atoms with E-state index >= 15 is 0 Å². The topological polar surface area (TPSA) is 65.8 Å². The number of nitrogens with zero attached hydrogens (tertiary/aromatic N) is 2. The van der Waals surface area contributed by atoms with Crippen molar-refractivity contribution in [3.8, 4) is 6.07 Å². The summed E-state index contributed by atoms with van der Waals surface area (Å²) in [5.41, 5.74) is 0.0382. The van der Waals surface area contributed by atoms with Crippen molar-refractivity contribution in [2.45, 2.75) is 20.0 Å². The van der Waals surface area contributed by atoms with E-state index in [1.54, 1.807) is 25.1 Å². The molecule has 8 heteroatoms. The number of amides is 1. The first-order valence-electron chi connectivity index (χ1n) is 7.36. The zero-order valence-corrected chi connectivity index (χ0v) is 14.5. The van der Waals surface area contributed by atoms with Gasteiger partial charge in [-0.25, -0.2) is 4.98 Å². The second kappa shape index (κ2) is 7.58. The van der Waals surface area contributed by atoms with Gasteiger partial charge in [0.25, 0.3) is 5.91 Å². The minimum atomic E-state index is -4.78. The van der Waals surface area contributed by atoms with Crippen LogP contribution in [0.5, 0.6) is 0 Å². The Labute approximate surface area is 152 Å². The molecule has 1 aromatic carbocycles. The first-order valence-corrected chi connectivity index (χ1v) is 7.73. The average molecular weight is 380 g/mol. The van der Waals surface area contributed by atoms with Crippen LogP contribution < -0.4 is 5.32 Å². The van der Waals surface area contributed by atoms with E-state index in [9.17, 15) is 23.2 Å². The highest BCUT2D eigenvalue weighted by Gasteiger charge is 2.35. The van der Waals surface area contributed by atoms with Gasteiger partial charge >= 0.3 is 6.18 Å². The molecule has 134 valence electrons. The Morgan fingerprint density at radius 1 is 1.27 bits per heavy atom. The molecule has 0 aliphatic carbocycles. The fourth-order valence-electron chi connectivity index (χ4n) is 2.24. The summed E-state index contributed by atoms with van der Waals surface area (Å²) in [5, 5.41) is 11.4. The molecule has 0 unspecified atom stereocenters. The molecule has 0 bridgehead atoms. The normalized spacial score (nSPS) is 11.8. The first-order chi connectivity index (χ1) is 12.1. The van der Waals surface area contributed by atoms with Gasteiger partial charge in [0.15, 0.2) is 5.69 Å². The van der Waals surface area contributed by atoms with Crippen LogP contribution in [0.1, 0.15) is 22.4 Å². The molecular formula is C18H13ClF3N3O. The molecule has 2 rings (SSSR count). The van der Waals surface area contributed by atoms with E-state index in [1.807, 2.05) is 13.0 Å². The number of alkyl halides is 3. The van der Waals surface area contributed by atoms with Crippen LogP contribution in [-0.4, -0.2) is 10.9 Å². The first kappa shape index (κ1) is 19.5. The van der Waals surface area contributed by atoms with Gasteiger partial charge < -0.3 is 5.32 Å². The van der Waals surface area contributed by atoms with E-state index in [2.05, 4.69) is 10.3 Å². The fourth-order valence-corrected chi connectivity index (χ4v) is 2.38. The highest BCUT2D eigenvalue weighted by molar-refractivity contribution is 6.29. The summed E-state index contributed by atoms with van der Waals surface area (Å²) in [6.07, 6.45) is -3.94. The van der Waals surface area contributed by atoms with Gasteiger partial charge in [0.05, 0.1) is 0 Å². The Morgan fingerprint density at radius 2 is 1.96 bits per heavy atom. The number of pyridine rings is 1. The number of hydrogen-bond donors (Lipinski definition) is 1. The lowest BCUT2D eigenvalue weighted by molar-refractivity contribution is -0.141. The van der Waals surface area contributed by atoms with E-state index in [-0.39, 0.29) is 5.15 Å². The Hall–Kier alpha value is -2.85. The second-order valence-corrected chi connectivity index (χ2v) is 5.90. The zero-order chi connectivity index (χ0) is 19.5. The molecule has 0 aliphatic heterocycles. The maximum Gasteiger partial charge on any atom is 0.433 e. The molecule has 1 N–H and O–H groups in total. The second-order valence-electron chi connectivity index (χ2n) is 5.51. The average Bonchev–Trinajstić information content (AvgIpc) is 2.55. The summed E-state index contributed by atoms with van der Waals surface area (Å²) in [6.45, 7) is 3.65. The third-order valence-electron chi connectivity index (χ3n) is 3.46. The SMILES string of the molecule is Cc1ccc(NC(=O)/C(C#N)=C\c2ccc(Cl)nc2C(F)(F)F)c(C)c1. The number of nitriles is 1. The van der Waals surface area contributed by atoms with Gasteiger partial charge in [-0.3, -0.25) is 4.79 Å². The van der Waals surface area contributed by atoms with Gasteiger partial charge in [-0.2, -0.15) is 18.4 Å². The molecule has 2 aromatic rings. The summed E-state index contributed by atoms with van der Waals surface area (Å²) < 4.78 is 39.3. The van der Waals surface area contributed by atoms with Crippen LogP contribution in [0.25, 0.3) is 6.08 Å². The third-order valence-corrected chi connectivity index (χ3v) is 3.67. The fraction of sp³-hybridized carbons (Fsp3) is 0.167. The summed E-state index contributed by atoms with van der Waals surface area (Å²) in [6, 6.07) is 9.08. The Morgan fingerprint density at radius 3 is 2.54 bits per heavy atom. The quantitative estimate of drug-likeness (QED) is 0.468. The van der Waals surface area contributed by atoms with Gasteiger partial charge in [-0.1, -0.05) is 29.3 Å². The van der Waals surface area contributed by atoms with Crippen molar-refractivity contribution in [2.75, 3.05) is 5.32 Å². The van der Waals surface area contributed by atoms with Crippen molar-refractivity contribution < 1.29 is 18.0 Å². The number of carbonyl (C=O) groups is 1. The van der Waals surface area contributed by atoms with Crippen LogP contribution in [-0.2, 0) is 11.0 Å². The lowest BCUT2D eigenvalue weighted by Gasteiger charge is -2.11. The molecule has 4 nitrogen and oxygen atoms in total. The summed E-state index contributed by atoms with van der Waals surface area (Å²) in [7, 11) is 0. The van der Waals surface area contributed by atoms with Crippen LogP contribution in [0, 0.1) is 25.2 Å². The predicted molar refractivity (Wildman–Crippen MR) is 92.4 cm³/mol. The molecular weight excluding hydrogens is 367 g/mol. The predicted octanol–water partition coefficient (Wildman–Crippen LogP) is 4.92. The van der Waals surface area contributed by atoms with Gasteiger partial charge in [0.1, 0.15) is 16.8 Å². The van der Waals surface area contributed by atoms with Crippen molar-refractivity contribution in [3.05, 3.63) is 63.4 Å². The number of carbonyl (C=O) groups excluding carboxylic acids is 1. The van der Waals surface area contributed by atoms with Crippen molar-refractivity contribution >= 4 is 29.3 Å². The Kier molecular flexibility index (Phi) is 5.68. The number of anilines is 1. The smallest absolute Gasteiger partial charge is 0.321 e. The summed E-state index contributed by atoms with van der Waals surface area (Å²) in [5.74, 6) is -0.817. The number of benzene rings is 1. The molecule has 0 atom stereocenters. The van der Waals surface area contributed by atoms with Gasteiger partial charge in [-0.15, -0.1) is 0 Å². The molecule has 0 saturated carbocycles. The summed E-state index contributed by atoms with van der Waals surface area (Å²) >= 11 is 5.52. The van der Waals surface area contributed by atoms with Gasteiger partial charge in [0.2, 0.25) is 0 Å². The van der Waals surface area contributed by atoms with Crippen LogP contribution in [0.15, 0.2) is 35.9 Å². The number of hydrogen-bond acceptors (Lipinski definition) is 3. The minimum Gasteiger partial charge on any atom is -0.321 e. The number of aromatic nitrogens is 1. The van der Waals surface area contributed by atoms with E-state index in [4.69, 9.17) is 11.6 Å². The van der Waals surface area contributed by atoms with Crippen molar-refractivity contribution in [1.29, 1.82) is 5.26 Å². The van der Waals surface area contributed by atoms with Crippen molar-refractivity contribution in [1.82, 2.24) is 4.98 Å². The monoisotopic (exact) mass is 379 g/mol. The molecule has 26 heavy (non-hydrogen) atoms. The molecule has 1 amide bonds. The molecule has 0 aliphatic rings. The van der Waals surface area contributed by atoms with Crippen LogP contribution in [0.2, 0.25) is 5.15 Å². The molecule has 1 aromatic heterocycles. The van der Waals surface area contributed by atoms with Crippen LogP contribution in [0.3, 0.4) is 0 Å². The Balaban J connectivity index is 2.39. The highest BCUT2D eigenvalue weighted by atomic mass is 35.5. The third kappa shape index (κ3) is 4.61. The molecule has 1 heterocycles. The van der Waals surface area contributed by atoms with Crippen LogP contribution >= 0.6 is 11.6 Å². The molecule has 0 fully saturated rings. The van der Waals surface area contributed by atoms with E-state index in [0.29, 0.717) is 5.69 Å². The van der Waals surface area contributed by atoms with Crippen LogP contribution in [0.4, 0.5) is 18.9 Å². The molecule has 0 spiro atoms. The zero-order valence-electron chi connectivity index (χ0n) is 13.8. The van der Waals surface area contributed by atoms with Gasteiger partial charge in [0, 0.05) is 11.3 Å². The number of halogens is 4. The molecule has 0 saturated heterocycles. The number of nitrogens with one attached hydrogen (secondary N) is 1. The van der Waals surface area contributed by atoms with Crippen molar-refractivity contribution in [3.63, 3.8) is 0 Å². The van der Waals surface area contributed by atoms with Crippen molar-refractivity contribution in [2.24, 2.45) is 0 Å². The van der Waals surface area contributed by atoms with E-state index in [1.165, 1.54) is 0 Å². The van der Waals surface area contributed by atoms with E-state index in [0.717, 1.165) is 29.3 Å². The standard InChI is InChI=1S/C18H13ClF3N3O/c1-10-3-5-14(11(2)7-10)24-17(26)13(9-23)8-12-4-6-15(19)25-16(12)18(20,21)22/h3-8H,1-2H3,(H,24,26)/b13-8-. The lowest BCUT2D eigenvalue weighted by atomic mass is 10.1. The largest absolute Gasteiger partial charge is 0.433 e. The lowest BCUT2D eigenvalue weighted by Crippen LogP contribution is -2.15. The minimum absolute atomic E-state index is 0.340. The number of rotatable bonds is 3. The Bertz CT molecular complexity index is 930.